The zero-order valence-electron chi connectivity index (χ0n) is 8.85. The summed E-state index contributed by atoms with van der Waals surface area (Å²) in [4.78, 5) is 30.2. The number of hydrogen-bond donors (Lipinski definition) is 2. The highest BCUT2D eigenvalue weighted by Crippen LogP contribution is 2.29. The van der Waals surface area contributed by atoms with Crippen LogP contribution in [-0.4, -0.2) is 32.1 Å². The zero-order chi connectivity index (χ0) is 13.9. The number of carboxylic acid groups (broad SMARTS) is 1. The van der Waals surface area contributed by atoms with Crippen LogP contribution in [0.15, 0.2) is 18.2 Å². The Bertz CT molecular complexity index is 481. The van der Waals surface area contributed by atoms with Crippen LogP contribution in [0.3, 0.4) is 0 Å². The molecule has 1 unspecified atom stereocenters. The van der Waals surface area contributed by atoms with Gasteiger partial charge in [0.25, 0.3) is 11.4 Å². The van der Waals surface area contributed by atoms with Crippen molar-refractivity contribution in [2.45, 2.75) is 12.5 Å². The fourth-order valence-corrected chi connectivity index (χ4v) is 1.39. The van der Waals surface area contributed by atoms with Crippen LogP contribution < -0.4 is 0 Å². The summed E-state index contributed by atoms with van der Waals surface area (Å²) in [5, 5.41) is 39.1. The molecule has 0 aliphatic rings. The standard InChI is InChI=1S/C9H8N2O7/c12-8(9(13)14)4-5-6(10(15)16)2-1-3-7(5)11(17)18/h1-3,8,12H,4H2,(H,13,14). The molecule has 0 bridgehead atoms. The number of carbonyl (C=O) groups is 1. The van der Waals surface area contributed by atoms with Gasteiger partial charge in [0.05, 0.1) is 9.85 Å². The molecule has 1 atom stereocenters. The molecule has 1 rings (SSSR count). The number of nitro groups is 2. The van der Waals surface area contributed by atoms with Crippen molar-refractivity contribution in [1.82, 2.24) is 0 Å². The van der Waals surface area contributed by atoms with Crippen LogP contribution in [0.5, 0.6) is 0 Å². The van der Waals surface area contributed by atoms with Gasteiger partial charge in [0, 0.05) is 18.6 Å². The molecule has 0 saturated carbocycles. The van der Waals surface area contributed by atoms with E-state index >= 15 is 0 Å². The summed E-state index contributed by atoms with van der Waals surface area (Å²) in [7, 11) is 0. The van der Waals surface area contributed by atoms with E-state index in [1.807, 2.05) is 0 Å². The Hall–Kier alpha value is -2.55. The Balaban J connectivity index is 3.31. The predicted molar refractivity (Wildman–Crippen MR) is 57.1 cm³/mol. The summed E-state index contributed by atoms with van der Waals surface area (Å²) < 4.78 is 0. The van der Waals surface area contributed by atoms with E-state index in [1.165, 1.54) is 0 Å². The van der Waals surface area contributed by atoms with Crippen LogP contribution in [0.4, 0.5) is 11.4 Å². The fourth-order valence-electron chi connectivity index (χ4n) is 1.39. The molecule has 0 aliphatic heterocycles. The van der Waals surface area contributed by atoms with Gasteiger partial charge in [-0.15, -0.1) is 0 Å². The van der Waals surface area contributed by atoms with E-state index in [2.05, 4.69) is 0 Å². The molecule has 0 amide bonds. The molecular weight excluding hydrogens is 248 g/mol. The van der Waals surface area contributed by atoms with Crippen LogP contribution in [0.2, 0.25) is 0 Å². The highest BCUT2D eigenvalue weighted by molar-refractivity contribution is 5.73. The summed E-state index contributed by atoms with van der Waals surface area (Å²) >= 11 is 0. The number of nitrogens with zero attached hydrogens (tertiary/aromatic N) is 2. The molecule has 0 aromatic heterocycles. The summed E-state index contributed by atoms with van der Waals surface area (Å²) in [6, 6.07) is 3.14. The smallest absolute Gasteiger partial charge is 0.332 e. The van der Waals surface area contributed by atoms with E-state index in [-0.39, 0.29) is 0 Å². The number of benzene rings is 1. The van der Waals surface area contributed by atoms with E-state index in [0.717, 1.165) is 18.2 Å². The molecular formula is C9H8N2O7. The SMILES string of the molecule is O=C(O)C(O)Cc1c([N+](=O)[O-])cccc1[N+](=O)[O-]. The summed E-state index contributed by atoms with van der Waals surface area (Å²) in [5.74, 6) is -1.61. The van der Waals surface area contributed by atoms with Gasteiger partial charge in [0.15, 0.2) is 6.10 Å². The molecule has 2 N–H and O–H groups in total. The molecule has 9 nitrogen and oxygen atoms in total. The minimum atomic E-state index is -1.94. The Kier molecular flexibility index (Phi) is 3.89. The van der Waals surface area contributed by atoms with Gasteiger partial charge in [0.2, 0.25) is 0 Å². The minimum absolute atomic E-state index is 0.414. The number of aliphatic hydroxyl groups excluding tert-OH is 1. The second-order valence-electron chi connectivity index (χ2n) is 3.35. The molecule has 0 aliphatic carbocycles. The number of nitro benzene ring substituents is 2. The molecule has 1 aromatic carbocycles. The molecule has 9 heteroatoms. The average molecular weight is 256 g/mol. The van der Waals surface area contributed by atoms with Gasteiger partial charge >= 0.3 is 5.97 Å². The Morgan fingerprint density at radius 1 is 1.22 bits per heavy atom. The van der Waals surface area contributed by atoms with Crippen LogP contribution >= 0.6 is 0 Å². The first-order valence-electron chi connectivity index (χ1n) is 4.66. The topological polar surface area (TPSA) is 144 Å². The molecule has 0 saturated heterocycles. The van der Waals surface area contributed by atoms with Crippen LogP contribution in [0, 0.1) is 20.2 Å². The van der Waals surface area contributed by atoms with Gasteiger partial charge in [-0.3, -0.25) is 20.2 Å². The average Bonchev–Trinajstić information content (AvgIpc) is 2.28. The third-order valence-corrected chi connectivity index (χ3v) is 2.20. The summed E-state index contributed by atoms with van der Waals surface area (Å²) in [6.07, 6.45) is -2.65. The lowest BCUT2D eigenvalue weighted by molar-refractivity contribution is -0.395. The summed E-state index contributed by atoms with van der Waals surface area (Å²) in [5.41, 5.74) is -1.60. The van der Waals surface area contributed by atoms with E-state index < -0.39 is 45.3 Å². The van der Waals surface area contributed by atoms with Crippen LogP contribution in [0.25, 0.3) is 0 Å². The largest absolute Gasteiger partial charge is 0.479 e. The first kappa shape index (κ1) is 13.5. The molecule has 1 aromatic rings. The van der Waals surface area contributed by atoms with Gasteiger partial charge in [0.1, 0.15) is 5.56 Å². The van der Waals surface area contributed by atoms with E-state index in [4.69, 9.17) is 10.2 Å². The molecule has 18 heavy (non-hydrogen) atoms. The third kappa shape index (κ3) is 2.77. The lowest BCUT2D eigenvalue weighted by Crippen LogP contribution is -2.23. The second kappa shape index (κ2) is 5.19. The number of rotatable bonds is 5. The summed E-state index contributed by atoms with van der Waals surface area (Å²) in [6.45, 7) is 0. The third-order valence-electron chi connectivity index (χ3n) is 2.20. The number of carboxylic acids is 1. The first-order chi connectivity index (χ1) is 8.34. The van der Waals surface area contributed by atoms with Gasteiger partial charge in [-0.2, -0.15) is 0 Å². The van der Waals surface area contributed by atoms with Crippen molar-refractivity contribution in [1.29, 1.82) is 0 Å². The maximum Gasteiger partial charge on any atom is 0.332 e. The van der Waals surface area contributed by atoms with Crippen molar-refractivity contribution in [2.24, 2.45) is 0 Å². The molecule has 0 spiro atoms. The maximum absolute atomic E-state index is 10.7. The Labute approximate surface area is 99.6 Å². The lowest BCUT2D eigenvalue weighted by atomic mass is 10.0. The van der Waals surface area contributed by atoms with Gasteiger partial charge in [-0.05, 0) is 6.07 Å². The highest BCUT2D eigenvalue weighted by atomic mass is 16.6. The quantitative estimate of drug-likeness (QED) is 0.576. The van der Waals surface area contributed by atoms with Gasteiger partial charge in [-0.25, -0.2) is 4.79 Å². The normalized spacial score (nSPS) is 11.8. The molecule has 0 radical (unpaired) electrons. The molecule has 96 valence electrons. The monoisotopic (exact) mass is 256 g/mol. The van der Waals surface area contributed by atoms with Crippen molar-refractivity contribution in [2.75, 3.05) is 0 Å². The van der Waals surface area contributed by atoms with Crippen LogP contribution in [0.1, 0.15) is 5.56 Å². The number of aliphatic carboxylic acids is 1. The number of aliphatic hydroxyl groups is 1. The van der Waals surface area contributed by atoms with Crippen molar-refractivity contribution in [3.63, 3.8) is 0 Å². The van der Waals surface area contributed by atoms with E-state index in [0.29, 0.717) is 0 Å². The maximum atomic E-state index is 10.7. The van der Waals surface area contributed by atoms with Crippen molar-refractivity contribution in [3.05, 3.63) is 44.0 Å². The van der Waals surface area contributed by atoms with Crippen molar-refractivity contribution >= 4 is 17.3 Å². The van der Waals surface area contributed by atoms with Crippen molar-refractivity contribution < 1.29 is 24.9 Å². The lowest BCUT2D eigenvalue weighted by Gasteiger charge is -2.06. The van der Waals surface area contributed by atoms with Crippen LogP contribution in [-0.2, 0) is 11.2 Å². The fraction of sp³-hybridized carbons (Fsp3) is 0.222. The highest BCUT2D eigenvalue weighted by Gasteiger charge is 2.28. The van der Waals surface area contributed by atoms with Gasteiger partial charge in [-0.1, -0.05) is 0 Å². The molecule has 0 heterocycles. The van der Waals surface area contributed by atoms with Gasteiger partial charge < -0.3 is 10.2 Å². The Morgan fingerprint density at radius 3 is 2.00 bits per heavy atom. The number of hydrogen-bond acceptors (Lipinski definition) is 6. The molecule has 0 fully saturated rings. The van der Waals surface area contributed by atoms with Crippen molar-refractivity contribution in [3.8, 4) is 0 Å². The predicted octanol–water partition coefficient (Wildman–Crippen LogP) is 0.491. The first-order valence-corrected chi connectivity index (χ1v) is 4.66. The van der Waals surface area contributed by atoms with E-state index in [9.17, 15) is 25.0 Å². The zero-order valence-corrected chi connectivity index (χ0v) is 8.85. The van der Waals surface area contributed by atoms with E-state index in [1.54, 1.807) is 0 Å². The Morgan fingerprint density at radius 2 is 1.67 bits per heavy atom. The second-order valence-corrected chi connectivity index (χ2v) is 3.35. The minimum Gasteiger partial charge on any atom is -0.479 e.